The van der Waals surface area contributed by atoms with E-state index in [4.69, 9.17) is 0 Å². The molecule has 0 saturated carbocycles. The first-order valence-corrected chi connectivity index (χ1v) is 12.6. The molecule has 0 spiro atoms. The summed E-state index contributed by atoms with van der Waals surface area (Å²) in [6.07, 6.45) is 21.4. The quantitative estimate of drug-likeness (QED) is 0.240. The molecule has 6 rings (SSSR count). The Morgan fingerprint density at radius 1 is 0.375 bits per heavy atom. The molecule has 6 nitrogen and oxygen atoms in total. The van der Waals surface area contributed by atoms with Crippen molar-refractivity contribution in [2.75, 3.05) is 0 Å². The summed E-state index contributed by atoms with van der Waals surface area (Å²) in [6, 6.07) is 28.5. The van der Waals surface area contributed by atoms with Gasteiger partial charge in [-0.2, -0.15) is 0 Å². The molecule has 0 bridgehead atoms. The van der Waals surface area contributed by atoms with Crippen molar-refractivity contribution in [1.29, 1.82) is 0 Å². The Morgan fingerprint density at radius 2 is 0.625 bits per heavy atom. The average molecular weight is 712 g/mol. The molecule has 0 amide bonds. The molecule has 3 heterocycles. The molecule has 7 heteroatoms. The topological polar surface area (TPSA) is 96.8 Å². The first kappa shape index (κ1) is 30.6. The van der Waals surface area contributed by atoms with Crippen molar-refractivity contribution in [2.24, 2.45) is 0 Å². The van der Waals surface area contributed by atoms with Gasteiger partial charge in [0.05, 0.1) is 0 Å². The van der Waals surface area contributed by atoms with Crippen molar-refractivity contribution < 1.29 is 35.4 Å². The van der Waals surface area contributed by atoms with Crippen LogP contribution < -0.4 is 16.0 Å². The summed E-state index contributed by atoms with van der Waals surface area (Å²) < 4.78 is 0. The summed E-state index contributed by atoms with van der Waals surface area (Å²) >= 11 is 0. The number of aliphatic hydroxyl groups is 3. The molecule has 207 valence electrons. The molecule has 0 saturated heterocycles. The number of hydrogen-bond acceptors (Lipinski definition) is 6. The molecule has 0 aromatic heterocycles. The van der Waals surface area contributed by atoms with Crippen LogP contribution in [-0.2, 0) is 37.3 Å². The van der Waals surface area contributed by atoms with Crippen LogP contribution >= 0.6 is 0 Å². The van der Waals surface area contributed by atoms with Gasteiger partial charge in [-0.25, -0.2) is 0 Å². The van der Waals surface area contributed by atoms with Gasteiger partial charge in [0.15, 0.2) is 17.2 Å². The van der Waals surface area contributed by atoms with Gasteiger partial charge in [0.2, 0.25) is 0 Å². The normalized spacial score (nSPS) is 25.0. The maximum Gasteiger partial charge on any atom is 0.181 e. The van der Waals surface area contributed by atoms with Gasteiger partial charge in [0.25, 0.3) is 0 Å². The first-order valence-electron chi connectivity index (χ1n) is 12.6. The second-order valence-electron chi connectivity index (χ2n) is 8.98. The van der Waals surface area contributed by atoms with Crippen molar-refractivity contribution in [3.8, 4) is 0 Å². The first-order chi connectivity index (χ1) is 18.9. The van der Waals surface area contributed by atoms with E-state index in [0.717, 1.165) is 16.7 Å². The van der Waals surface area contributed by atoms with Crippen molar-refractivity contribution in [2.45, 2.75) is 17.2 Å². The van der Waals surface area contributed by atoms with Crippen LogP contribution in [0.15, 0.2) is 164 Å². The van der Waals surface area contributed by atoms with Gasteiger partial charge in [-0.1, -0.05) is 109 Å². The van der Waals surface area contributed by atoms with Gasteiger partial charge in [-0.3, -0.25) is 0 Å². The van der Waals surface area contributed by atoms with E-state index in [0.29, 0.717) is 0 Å². The van der Waals surface area contributed by atoms with Crippen molar-refractivity contribution >= 4 is 0 Å². The van der Waals surface area contributed by atoms with Gasteiger partial charge < -0.3 is 31.3 Å². The van der Waals surface area contributed by atoms with E-state index in [-0.39, 0.29) is 20.1 Å². The monoisotopic (exact) mass is 712 g/mol. The molecule has 1 radical (unpaired) electrons. The second kappa shape index (κ2) is 14.4. The van der Waals surface area contributed by atoms with Crippen molar-refractivity contribution in [3.63, 3.8) is 0 Å². The number of allylic oxidation sites excluding steroid dienone is 6. The minimum Gasteiger partial charge on any atom is -0.364 e. The molecule has 3 aliphatic rings. The zero-order chi connectivity index (χ0) is 27.4. The van der Waals surface area contributed by atoms with Crippen LogP contribution in [0.2, 0.25) is 0 Å². The molecule has 3 aliphatic heterocycles. The van der Waals surface area contributed by atoms with E-state index in [2.05, 4.69) is 16.0 Å². The second-order valence-corrected chi connectivity index (χ2v) is 8.98. The molecule has 3 atom stereocenters. The van der Waals surface area contributed by atoms with Crippen LogP contribution in [0.4, 0.5) is 0 Å². The maximum absolute atomic E-state index is 10.1. The fraction of sp³-hybridized carbons (Fsp3) is 0.0909. The number of hydrogen-bond donors (Lipinski definition) is 6. The summed E-state index contributed by atoms with van der Waals surface area (Å²) in [4.78, 5) is 0. The fourth-order valence-electron chi connectivity index (χ4n) is 4.04. The molecule has 3 aromatic rings. The van der Waals surface area contributed by atoms with Gasteiger partial charge in [0, 0.05) is 36.8 Å². The zero-order valence-corrected chi connectivity index (χ0v) is 24.2. The van der Waals surface area contributed by atoms with Crippen LogP contribution in [0.25, 0.3) is 0 Å². The molecule has 0 fully saturated rings. The van der Waals surface area contributed by atoms with E-state index in [1.807, 2.05) is 127 Å². The Labute approximate surface area is 248 Å². The van der Waals surface area contributed by atoms with Crippen LogP contribution in [0.5, 0.6) is 0 Å². The Balaban J connectivity index is 0.000000163. The SMILES string of the molecule is OC1(c2ccccc2)C=CC=CN1.OC1(c2ccccc2)C=CC=CN1.OC1(c2ccccc2)C=CC=CN1.[Ir]. The number of nitrogens with one attached hydrogen (secondary N) is 3. The standard InChI is InChI=1S/3C11H11NO.Ir/c3*13-11(8-4-5-9-12-11)10-6-2-1-3-7-10;/h3*1-9,12-13H;. The molecule has 6 N–H and O–H groups in total. The maximum atomic E-state index is 10.1. The number of dihydropyridines is 3. The van der Waals surface area contributed by atoms with Crippen molar-refractivity contribution in [3.05, 3.63) is 181 Å². The van der Waals surface area contributed by atoms with E-state index in [9.17, 15) is 15.3 Å². The van der Waals surface area contributed by atoms with Gasteiger partial charge in [0.1, 0.15) is 0 Å². The summed E-state index contributed by atoms with van der Waals surface area (Å²) in [6.45, 7) is 0. The third-order valence-corrected chi connectivity index (χ3v) is 6.19. The third-order valence-electron chi connectivity index (χ3n) is 6.19. The van der Waals surface area contributed by atoms with E-state index >= 15 is 0 Å². The molecule has 40 heavy (non-hydrogen) atoms. The summed E-state index contributed by atoms with van der Waals surface area (Å²) in [7, 11) is 0. The Morgan fingerprint density at radius 3 is 0.825 bits per heavy atom. The minimum atomic E-state index is -1.05. The predicted octanol–water partition coefficient (Wildman–Crippen LogP) is 4.51. The van der Waals surface area contributed by atoms with Crippen LogP contribution in [0.1, 0.15) is 16.7 Å². The zero-order valence-electron chi connectivity index (χ0n) is 21.8. The van der Waals surface area contributed by atoms with E-state index in [1.54, 1.807) is 36.8 Å². The predicted molar refractivity (Wildman–Crippen MR) is 155 cm³/mol. The molecule has 3 unspecified atom stereocenters. The van der Waals surface area contributed by atoms with Crippen LogP contribution in [0.3, 0.4) is 0 Å². The molecule has 0 aliphatic carbocycles. The van der Waals surface area contributed by atoms with E-state index < -0.39 is 17.2 Å². The van der Waals surface area contributed by atoms with Crippen LogP contribution in [-0.4, -0.2) is 15.3 Å². The number of rotatable bonds is 3. The minimum absolute atomic E-state index is 0. The molecular weight excluding hydrogens is 679 g/mol. The Kier molecular flexibility index (Phi) is 11.0. The Hall–Kier alpha value is -3.97. The van der Waals surface area contributed by atoms with Gasteiger partial charge in [-0.15, -0.1) is 0 Å². The Bertz CT molecular complexity index is 1200. The molecular formula is C33H33IrN3O3. The smallest absolute Gasteiger partial charge is 0.181 e. The van der Waals surface area contributed by atoms with E-state index in [1.165, 1.54) is 0 Å². The van der Waals surface area contributed by atoms with Gasteiger partial charge in [-0.05, 0) is 55.1 Å². The van der Waals surface area contributed by atoms with Crippen LogP contribution in [0, 0.1) is 0 Å². The summed E-state index contributed by atoms with van der Waals surface area (Å²) in [5.74, 6) is 0. The van der Waals surface area contributed by atoms with Crippen molar-refractivity contribution in [1.82, 2.24) is 16.0 Å². The summed E-state index contributed by atoms with van der Waals surface area (Å²) in [5.41, 5.74) is -0.607. The largest absolute Gasteiger partial charge is 0.364 e. The summed E-state index contributed by atoms with van der Waals surface area (Å²) in [5, 5.41) is 39.0. The number of benzene rings is 3. The van der Waals surface area contributed by atoms with Gasteiger partial charge >= 0.3 is 0 Å². The molecule has 3 aromatic carbocycles. The fourth-order valence-corrected chi connectivity index (χ4v) is 4.04. The average Bonchev–Trinajstić information content (AvgIpc) is 3.00. The third kappa shape index (κ3) is 8.02.